The third-order valence-corrected chi connectivity index (χ3v) is 2.91. The molecule has 0 saturated carbocycles. The minimum absolute atomic E-state index is 0.279. The Morgan fingerprint density at radius 3 is 2.81 bits per heavy atom. The van der Waals surface area contributed by atoms with Gasteiger partial charge in [-0.1, -0.05) is 29.3 Å². The zero-order valence-corrected chi connectivity index (χ0v) is 11.8. The summed E-state index contributed by atoms with van der Waals surface area (Å²) in [5, 5.41) is 3.16. The maximum atomic E-state index is 5.93. The molecule has 0 heterocycles. The van der Waals surface area contributed by atoms with Gasteiger partial charge in [0.1, 0.15) is 5.75 Å². The van der Waals surface area contributed by atoms with E-state index >= 15 is 0 Å². The highest BCUT2D eigenvalue weighted by molar-refractivity contribution is 9.10. The Balaban J connectivity index is 2.77. The van der Waals surface area contributed by atoms with E-state index in [2.05, 4.69) is 41.2 Å². The van der Waals surface area contributed by atoms with Crippen molar-refractivity contribution in [1.29, 1.82) is 0 Å². The van der Waals surface area contributed by atoms with Crippen LogP contribution in [0.1, 0.15) is 32.3 Å². The lowest BCUT2D eigenvalue weighted by Crippen LogP contribution is -2.14. The highest BCUT2D eigenvalue weighted by Crippen LogP contribution is 2.24. The van der Waals surface area contributed by atoms with Crippen LogP contribution in [0.2, 0.25) is 0 Å². The van der Waals surface area contributed by atoms with Crippen LogP contribution in [0, 0.1) is 0 Å². The summed E-state index contributed by atoms with van der Waals surface area (Å²) in [7, 11) is 1.94. The van der Waals surface area contributed by atoms with E-state index in [1.807, 2.05) is 19.2 Å². The van der Waals surface area contributed by atoms with Crippen LogP contribution in [0.3, 0.4) is 0 Å². The first-order chi connectivity index (χ1) is 7.67. The van der Waals surface area contributed by atoms with Gasteiger partial charge in [-0.25, -0.2) is 0 Å². The van der Waals surface area contributed by atoms with Gasteiger partial charge in [-0.15, -0.1) is 0 Å². The Morgan fingerprint density at radius 2 is 2.19 bits per heavy atom. The Labute approximate surface area is 107 Å². The summed E-state index contributed by atoms with van der Waals surface area (Å²) < 4.78 is 7.02. The molecule has 0 aliphatic carbocycles. The first-order valence-corrected chi connectivity index (χ1v) is 6.56. The lowest BCUT2D eigenvalue weighted by Gasteiger charge is -2.17. The van der Waals surface area contributed by atoms with Gasteiger partial charge in [0.25, 0.3) is 0 Å². The maximum Gasteiger partial charge on any atom is 0.124 e. The van der Waals surface area contributed by atoms with E-state index in [-0.39, 0.29) is 6.10 Å². The molecule has 0 saturated heterocycles. The van der Waals surface area contributed by atoms with Crippen LogP contribution in [-0.2, 0) is 6.54 Å². The van der Waals surface area contributed by atoms with E-state index < -0.39 is 0 Å². The van der Waals surface area contributed by atoms with E-state index in [4.69, 9.17) is 4.74 Å². The van der Waals surface area contributed by atoms with Gasteiger partial charge in [0.15, 0.2) is 0 Å². The van der Waals surface area contributed by atoms with Gasteiger partial charge >= 0.3 is 0 Å². The summed E-state index contributed by atoms with van der Waals surface area (Å²) in [5.74, 6) is 0.985. The van der Waals surface area contributed by atoms with Gasteiger partial charge in [-0.2, -0.15) is 0 Å². The molecule has 3 heteroatoms. The van der Waals surface area contributed by atoms with Crippen LogP contribution in [0.4, 0.5) is 0 Å². The van der Waals surface area contributed by atoms with Crippen LogP contribution in [-0.4, -0.2) is 13.2 Å². The van der Waals surface area contributed by atoms with Crippen molar-refractivity contribution in [2.75, 3.05) is 7.05 Å². The molecular weight excluding hydrogens is 266 g/mol. The minimum Gasteiger partial charge on any atom is -0.490 e. The lowest BCUT2D eigenvalue weighted by molar-refractivity contribution is 0.207. The lowest BCUT2D eigenvalue weighted by atomic mass is 10.2. The third-order valence-electron chi connectivity index (χ3n) is 2.41. The molecule has 0 aromatic heterocycles. The molecule has 16 heavy (non-hydrogen) atoms. The minimum atomic E-state index is 0.279. The SMILES string of the molecule is CCCC(C)Oc1ccc(Br)cc1CNC. The largest absolute Gasteiger partial charge is 0.490 e. The molecule has 0 bridgehead atoms. The van der Waals surface area contributed by atoms with Gasteiger partial charge in [0.05, 0.1) is 6.10 Å². The molecule has 1 N–H and O–H groups in total. The van der Waals surface area contributed by atoms with E-state index in [9.17, 15) is 0 Å². The van der Waals surface area contributed by atoms with Crippen LogP contribution in [0.5, 0.6) is 5.75 Å². The maximum absolute atomic E-state index is 5.93. The fourth-order valence-corrected chi connectivity index (χ4v) is 2.08. The van der Waals surface area contributed by atoms with Crippen LogP contribution >= 0.6 is 15.9 Å². The molecular formula is C13H20BrNO. The predicted octanol–water partition coefficient (Wildman–Crippen LogP) is 3.74. The van der Waals surface area contributed by atoms with E-state index in [0.29, 0.717) is 0 Å². The Hall–Kier alpha value is -0.540. The van der Waals surface area contributed by atoms with Crippen molar-refractivity contribution in [2.45, 2.75) is 39.3 Å². The van der Waals surface area contributed by atoms with Crippen molar-refractivity contribution >= 4 is 15.9 Å². The molecule has 90 valence electrons. The molecule has 0 amide bonds. The zero-order chi connectivity index (χ0) is 12.0. The van der Waals surface area contributed by atoms with Crippen LogP contribution < -0.4 is 10.1 Å². The van der Waals surface area contributed by atoms with Crippen molar-refractivity contribution < 1.29 is 4.74 Å². The fourth-order valence-electron chi connectivity index (χ4n) is 1.67. The number of halogens is 1. The topological polar surface area (TPSA) is 21.3 Å². The molecule has 0 aliphatic heterocycles. The second-order valence-electron chi connectivity index (χ2n) is 4.00. The van der Waals surface area contributed by atoms with Crippen molar-refractivity contribution in [3.05, 3.63) is 28.2 Å². The molecule has 0 radical (unpaired) electrons. The molecule has 1 aromatic rings. The van der Waals surface area contributed by atoms with E-state index in [1.165, 1.54) is 5.56 Å². The standard InChI is InChI=1S/C13H20BrNO/c1-4-5-10(2)16-13-7-6-12(14)8-11(13)9-15-3/h6-8,10,15H,4-5,9H2,1-3H3. The van der Waals surface area contributed by atoms with E-state index in [0.717, 1.165) is 29.6 Å². The second-order valence-corrected chi connectivity index (χ2v) is 4.92. The molecule has 1 aromatic carbocycles. The van der Waals surface area contributed by atoms with Gasteiger partial charge in [0.2, 0.25) is 0 Å². The quantitative estimate of drug-likeness (QED) is 0.860. The summed E-state index contributed by atoms with van der Waals surface area (Å²) in [4.78, 5) is 0. The summed E-state index contributed by atoms with van der Waals surface area (Å²) in [6, 6.07) is 6.15. The number of hydrogen-bond acceptors (Lipinski definition) is 2. The summed E-state index contributed by atoms with van der Waals surface area (Å²) in [5.41, 5.74) is 1.19. The molecule has 2 nitrogen and oxygen atoms in total. The third kappa shape index (κ3) is 4.14. The predicted molar refractivity (Wildman–Crippen MR) is 71.9 cm³/mol. The molecule has 1 atom stereocenters. The van der Waals surface area contributed by atoms with Crippen molar-refractivity contribution in [1.82, 2.24) is 5.32 Å². The number of hydrogen-bond donors (Lipinski definition) is 1. The number of rotatable bonds is 6. The Morgan fingerprint density at radius 1 is 1.44 bits per heavy atom. The monoisotopic (exact) mass is 285 g/mol. The first-order valence-electron chi connectivity index (χ1n) is 5.77. The first kappa shape index (κ1) is 13.5. The molecule has 1 rings (SSSR count). The summed E-state index contributed by atoms with van der Waals surface area (Å²) in [6.45, 7) is 5.12. The number of benzene rings is 1. The van der Waals surface area contributed by atoms with Gasteiger partial charge in [0, 0.05) is 16.6 Å². The average molecular weight is 286 g/mol. The average Bonchev–Trinajstić information content (AvgIpc) is 2.23. The second kappa shape index (κ2) is 6.92. The molecule has 0 spiro atoms. The van der Waals surface area contributed by atoms with E-state index in [1.54, 1.807) is 0 Å². The van der Waals surface area contributed by atoms with Crippen LogP contribution in [0.25, 0.3) is 0 Å². The van der Waals surface area contributed by atoms with Gasteiger partial charge in [-0.3, -0.25) is 0 Å². The fraction of sp³-hybridized carbons (Fsp3) is 0.538. The zero-order valence-electron chi connectivity index (χ0n) is 10.2. The van der Waals surface area contributed by atoms with Crippen LogP contribution in [0.15, 0.2) is 22.7 Å². The normalized spacial score (nSPS) is 12.5. The highest BCUT2D eigenvalue weighted by atomic mass is 79.9. The van der Waals surface area contributed by atoms with Crippen molar-refractivity contribution in [3.8, 4) is 5.75 Å². The molecule has 0 aliphatic rings. The smallest absolute Gasteiger partial charge is 0.124 e. The van der Waals surface area contributed by atoms with Gasteiger partial charge in [-0.05, 0) is 38.6 Å². The number of nitrogens with one attached hydrogen (secondary N) is 1. The molecule has 0 fully saturated rings. The van der Waals surface area contributed by atoms with Crippen molar-refractivity contribution in [2.24, 2.45) is 0 Å². The Bertz CT molecular complexity index is 328. The van der Waals surface area contributed by atoms with Crippen molar-refractivity contribution in [3.63, 3.8) is 0 Å². The highest BCUT2D eigenvalue weighted by Gasteiger charge is 2.07. The van der Waals surface area contributed by atoms with Gasteiger partial charge < -0.3 is 10.1 Å². The number of ether oxygens (including phenoxy) is 1. The summed E-state index contributed by atoms with van der Waals surface area (Å²) >= 11 is 3.48. The molecule has 1 unspecified atom stereocenters. The summed E-state index contributed by atoms with van der Waals surface area (Å²) in [6.07, 6.45) is 2.52. The Kier molecular flexibility index (Phi) is 5.85.